The van der Waals surface area contributed by atoms with Crippen molar-refractivity contribution in [2.24, 2.45) is 0 Å². The van der Waals surface area contributed by atoms with E-state index >= 15 is 0 Å². The maximum Gasteiger partial charge on any atom is 0.243 e. The van der Waals surface area contributed by atoms with Crippen molar-refractivity contribution in [1.82, 2.24) is 4.31 Å². The van der Waals surface area contributed by atoms with Gasteiger partial charge in [-0.15, -0.1) is 0 Å². The van der Waals surface area contributed by atoms with Gasteiger partial charge in [-0.3, -0.25) is 0 Å². The minimum atomic E-state index is -3.43. The monoisotopic (exact) mass is 313 g/mol. The Hall–Kier alpha value is -0.950. The summed E-state index contributed by atoms with van der Waals surface area (Å²) >= 11 is 0. The summed E-state index contributed by atoms with van der Waals surface area (Å²) in [4.78, 5) is 0.391. The van der Waals surface area contributed by atoms with Crippen LogP contribution in [0.3, 0.4) is 0 Å². The van der Waals surface area contributed by atoms with E-state index in [9.17, 15) is 8.42 Å². The van der Waals surface area contributed by atoms with Crippen molar-refractivity contribution in [3.8, 4) is 0 Å². The molecule has 0 saturated carbocycles. The lowest BCUT2D eigenvalue weighted by atomic mass is 10.1. The van der Waals surface area contributed by atoms with Gasteiger partial charge in [0.05, 0.1) is 24.2 Å². The Morgan fingerprint density at radius 2 is 2.05 bits per heavy atom. The Labute approximate surface area is 126 Å². The van der Waals surface area contributed by atoms with Gasteiger partial charge in [0.25, 0.3) is 0 Å². The second-order valence-corrected chi connectivity index (χ2v) is 7.16. The van der Waals surface area contributed by atoms with Gasteiger partial charge in [0, 0.05) is 20.2 Å². The molecule has 0 N–H and O–H groups in total. The van der Waals surface area contributed by atoms with Gasteiger partial charge in [-0.2, -0.15) is 4.31 Å². The molecule has 1 aromatic rings. The molecule has 2 rings (SSSR count). The number of ether oxygens (including phenoxy) is 2. The lowest BCUT2D eigenvalue weighted by molar-refractivity contribution is -0.00652. The molecule has 0 spiro atoms. The summed E-state index contributed by atoms with van der Waals surface area (Å²) in [5.74, 6) is 0. The topological polar surface area (TPSA) is 55.8 Å². The second kappa shape index (κ2) is 7.35. The zero-order chi connectivity index (χ0) is 15.3. The predicted molar refractivity (Wildman–Crippen MR) is 80.8 cm³/mol. The zero-order valence-electron chi connectivity index (χ0n) is 12.6. The first kappa shape index (κ1) is 16.4. The van der Waals surface area contributed by atoms with Crippen molar-refractivity contribution in [3.05, 3.63) is 29.8 Å². The van der Waals surface area contributed by atoms with E-state index in [0.29, 0.717) is 31.2 Å². The first-order chi connectivity index (χ1) is 10.1. The van der Waals surface area contributed by atoms with Gasteiger partial charge >= 0.3 is 0 Å². The molecule has 5 nitrogen and oxygen atoms in total. The van der Waals surface area contributed by atoms with Gasteiger partial charge in [-0.25, -0.2) is 8.42 Å². The summed E-state index contributed by atoms with van der Waals surface area (Å²) in [5.41, 5.74) is 0.778. The maximum absolute atomic E-state index is 12.7. The van der Waals surface area contributed by atoms with Gasteiger partial charge in [0.1, 0.15) is 0 Å². The van der Waals surface area contributed by atoms with Crippen LogP contribution < -0.4 is 0 Å². The Kier molecular flexibility index (Phi) is 5.75. The van der Waals surface area contributed by atoms with Gasteiger partial charge < -0.3 is 9.47 Å². The lowest BCUT2D eigenvalue weighted by Gasteiger charge is -2.32. The van der Waals surface area contributed by atoms with Gasteiger partial charge in [0.15, 0.2) is 0 Å². The van der Waals surface area contributed by atoms with E-state index in [2.05, 4.69) is 0 Å². The summed E-state index contributed by atoms with van der Waals surface area (Å²) in [6, 6.07) is 7.10. The van der Waals surface area contributed by atoms with Crippen LogP contribution in [0.5, 0.6) is 0 Å². The minimum Gasteiger partial charge on any atom is -0.382 e. The second-order valence-electron chi connectivity index (χ2n) is 5.26. The molecule has 1 unspecified atom stereocenters. The summed E-state index contributed by atoms with van der Waals surface area (Å²) in [6.45, 7) is 3.82. The van der Waals surface area contributed by atoms with E-state index in [1.165, 1.54) is 4.31 Å². The number of aryl methyl sites for hydroxylation is 1. The smallest absolute Gasteiger partial charge is 0.243 e. The number of hydrogen-bond donors (Lipinski definition) is 0. The number of methoxy groups -OCH3 is 1. The van der Waals surface area contributed by atoms with Crippen molar-refractivity contribution >= 4 is 10.0 Å². The number of sulfonamides is 1. The molecule has 1 saturated heterocycles. The fourth-order valence-corrected chi connectivity index (χ4v) is 4.28. The van der Waals surface area contributed by atoms with E-state index in [-0.39, 0.29) is 6.10 Å². The number of hydrogen-bond acceptors (Lipinski definition) is 4. The molecule has 21 heavy (non-hydrogen) atoms. The number of benzene rings is 1. The summed E-state index contributed by atoms with van der Waals surface area (Å²) in [7, 11) is -1.81. The average molecular weight is 313 g/mol. The van der Waals surface area contributed by atoms with E-state index in [4.69, 9.17) is 9.47 Å². The average Bonchev–Trinajstić information content (AvgIpc) is 2.48. The van der Waals surface area contributed by atoms with Crippen molar-refractivity contribution in [1.29, 1.82) is 0 Å². The lowest BCUT2D eigenvalue weighted by Crippen LogP contribution is -2.43. The van der Waals surface area contributed by atoms with Crippen LogP contribution >= 0.6 is 0 Å². The van der Waals surface area contributed by atoms with Gasteiger partial charge in [0.2, 0.25) is 10.0 Å². The molecule has 1 aliphatic heterocycles. The molecular weight excluding hydrogens is 290 g/mol. The Bertz CT molecular complexity index is 559. The predicted octanol–water partition coefficient (Wildman–Crippen LogP) is 1.81. The highest BCUT2D eigenvalue weighted by Crippen LogP contribution is 2.24. The Morgan fingerprint density at radius 1 is 1.29 bits per heavy atom. The normalized spacial score (nSPS) is 20.6. The minimum absolute atomic E-state index is 0.0484. The zero-order valence-corrected chi connectivity index (χ0v) is 13.4. The van der Waals surface area contributed by atoms with E-state index < -0.39 is 10.0 Å². The molecule has 1 aliphatic rings. The van der Waals surface area contributed by atoms with Gasteiger partial charge in [-0.1, -0.05) is 18.2 Å². The quantitative estimate of drug-likeness (QED) is 0.752. The third kappa shape index (κ3) is 4.03. The molecule has 118 valence electrons. The van der Waals surface area contributed by atoms with Crippen LogP contribution in [0, 0.1) is 6.92 Å². The highest BCUT2D eigenvalue weighted by atomic mass is 32.2. The maximum atomic E-state index is 12.7. The van der Waals surface area contributed by atoms with Crippen molar-refractivity contribution in [2.45, 2.75) is 30.8 Å². The molecule has 1 heterocycles. The molecule has 0 bridgehead atoms. The number of nitrogens with zero attached hydrogens (tertiary/aromatic N) is 1. The van der Waals surface area contributed by atoms with Crippen LogP contribution in [0.15, 0.2) is 29.2 Å². The molecular formula is C15H23NO4S. The summed E-state index contributed by atoms with van der Waals surface area (Å²) in [6.07, 6.45) is 1.67. The first-order valence-electron chi connectivity index (χ1n) is 7.22. The Morgan fingerprint density at radius 3 is 2.76 bits per heavy atom. The van der Waals surface area contributed by atoms with E-state index in [0.717, 1.165) is 18.4 Å². The molecule has 1 fully saturated rings. The first-order valence-corrected chi connectivity index (χ1v) is 8.66. The largest absolute Gasteiger partial charge is 0.382 e. The fraction of sp³-hybridized carbons (Fsp3) is 0.600. The standard InChI is InChI=1S/C15H23NO4S/c1-13-6-3-4-8-15(13)21(17,18)16-9-5-7-14(12-16)20-11-10-19-2/h3-4,6,8,14H,5,7,9-12H2,1-2H3. The highest BCUT2D eigenvalue weighted by Gasteiger charge is 2.31. The molecule has 0 amide bonds. The summed E-state index contributed by atoms with van der Waals surface area (Å²) in [5, 5.41) is 0. The van der Waals surface area contributed by atoms with Crippen LogP contribution in [-0.2, 0) is 19.5 Å². The van der Waals surface area contributed by atoms with Crippen LogP contribution in [0.25, 0.3) is 0 Å². The van der Waals surface area contributed by atoms with Crippen LogP contribution in [-0.4, -0.2) is 52.2 Å². The molecule has 0 aliphatic carbocycles. The van der Waals surface area contributed by atoms with E-state index in [1.54, 1.807) is 19.2 Å². The summed E-state index contributed by atoms with van der Waals surface area (Å²) < 4.78 is 37.6. The molecule has 0 radical (unpaired) electrons. The molecule has 1 aromatic carbocycles. The fourth-order valence-electron chi connectivity index (χ4n) is 2.54. The number of rotatable bonds is 6. The van der Waals surface area contributed by atoms with Crippen molar-refractivity contribution in [3.63, 3.8) is 0 Å². The van der Waals surface area contributed by atoms with Crippen LogP contribution in [0.2, 0.25) is 0 Å². The molecule has 0 aromatic heterocycles. The van der Waals surface area contributed by atoms with Gasteiger partial charge in [-0.05, 0) is 31.4 Å². The number of piperidine rings is 1. The third-order valence-electron chi connectivity index (χ3n) is 3.69. The van der Waals surface area contributed by atoms with Crippen LogP contribution in [0.4, 0.5) is 0 Å². The van der Waals surface area contributed by atoms with Crippen molar-refractivity contribution < 1.29 is 17.9 Å². The SMILES string of the molecule is COCCOC1CCCN(S(=O)(=O)c2ccccc2C)C1. The van der Waals surface area contributed by atoms with Crippen molar-refractivity contribution in [2.75, 3.05) is 33.4 Å². The molecule has 6 heteroatoms. The highest BCUT2D eigenvalue weighted by molar-refractivity contribution is 7.89. The van der Waals surface area contributed by atoms with Crippen LogP contribution in [0.1, 0.15) is 18.4 Å². The van der Waals surface area contributed by atoms with E-state index in [1.807, 2.05) is 19.1 Å². The third-order valence-corrected chi connectivity index (χ3v) is 5.72. The Balaban J connectivity index is 2.08. The molecule has 1 atom stereocenters.